The van der Waals surface area contributed by atoms with Gasteiger partial charge in [0.2, 0.25) is 0 Å². The number of amides is 2. The van der Waals surface area contributed by atoms with Crippen LogP contribution in [0.1, 0.15) is 31.4 Å². The minimum atomic E-state index is -0.328. The second-order valence-electron chi connectivity index (χ2n) is 5.19. The number of aryl methyl sites for hydroxylation is 1. The molecule has 7 heteroatoms. The van der Waals surface area contributed by atoms with Gasteiger partial charge in [-0.05, 0) is 59.5 Å². The second kappa shape index (κ2) is 7.46. The van der Waals surface area contributed by atoms with E-state index in [1.54, 1.807) is 29.5 Å². The molecule has 2 amide bonds. The largest absolute Gasteiger partial charge is 0.459 e. The zero-order valence-electron chi connectivity index (χ0n) is 13.0. The highest BCUT2D eigenvalue weighted by Crippen LogP contribution is 2.27. The molecule has 3 aromatic heterocycles. The molecule has 0 saturated heterocycles. The molecule has 0 saturated carbocycles. The molecule has 0 bridgehead atoms. The number of rotatable bonds is 6. The summed E-state index contributed by atoms with van der Waals surface area (Å²) in [5.41, 5.74) is 2.05. The fourth-order valence-corrected chi connectivity index (χ4v) is 3.87. The molecule has 0 spiro atoms. The summed E-state index contributed by atoms with van der Waals surface area (Å²) < 4.78 is 5.05. The Morgan fingerprint density at radius 1 is 1.25 bits per heavy atom. The van der Waals surface area contributed by atoms with Crippen LogP contribution in [0.15, 0.2) is 45.7 Å². The number of thiophene rings is 2. The quantitative estimate of drug-likeness (QED) is 0.699. The maximum Gasteiger partial charge on any atom is 0.291 e. The predicted octanol–water partition coefficient (Wildman–Crippen LogP) is 3.94. The Bertz CT molecular complexity index is 820. The highest BCUT2D eigenvalue weighted by atomic mass is 32.1. The van der Waals surface area contributed by atoms with E-state index in [9.17, 15) is 9.59 Å². The van der Waals surface area contributed by atoms with E-state index >= 15 is 0 Å². The highest BCUT2D eigenvalue weighted by molar-refractivity contribution is 7.18. The van der Waals surface area contributed by atoms with Crippen LogP contribution in [0.25, 0.3) is 0 Å². The Balaban J connectivity index is 1.58. The van der Waals surface area contributed by atoms with Gasteiger partial charge < -0.3 is 15.1 Å². The smallest absolute Gasteiger partial charge is 0.291 e. The first-order valence-corrected chi connectivity index (χ1v) is 9.14. The van der Waals surface area contributed by atoms with Gasteiger partial charge in [-0.3, -0.25) is 9.59 Å². The van der Waals surface area contributed by atoms with Crippen LogP contribution in [0.3, 0.4) is 0 Å². The molecule has 0 aliphatic carbocycles. The molecule has 2 N–H and O–H groups in total. The van der Waals surface area contributed by atoms with Gasteiger partial charge in [0.15, 0.2) is 5.76 Å². The van der Waals surface area contributed by atoms with Crippen LogP contribution in [0.2, 0.25) is 0 Å². The van der Waals surface area contributed by atoms with Gasteiger partial charge in [-0.1, -0.05) is 0 Å². The normalized spacial score (nSPS) is 10.5. The van der Waals surface area contributed by atoms with Gasteiger partial charge in [0, 0.05) is 6.54 Å². The molecule has 3 rings (SSSR count). The van der Waals surface area contributed by atoms with Crippen molar-refractivity contribution in [1.29, 1.82) is 0 Å². The van der Waals surface area contributed by atoms with Crippen molar-refractivity contribution in [2.24, 2.45) is 0 Å². The average Bonchev–Trinajstić information content (AvgIpc) is 3.28. The fourth-order valence-electron chi connectivity index (χ4n) is 2.19. The molecule has 0 aliphatic heterocycles. The SMILES string of the molecule is Cc1cc(NC(=O)c2ccco2)sc1C(=O)NCCc1ccsc1. The summed E-state index contributed by atoms with van der Waals surface area (Å²) in [6.45, 7) is 2.44. The van der Waals surface area contributed by atoms with Gasteiger partial charge in [0.05, 0.1) is 16.1 Å². The molecule has 0 atom stereocenters. The number of hydrogen-bond donors (Lipinski definition) is 2. The van der Waals surface area contributed by atoms with Crippen LogP contribution in [0.4, 0.5) is 5.00 Å². The minimum Gasteiger partial charge on any atom is -0.459 e. The molecular weight excluding hydrogens is 344 g/mol. The van der Waals surface area contributed by atoms with Crippen LogP contribution in [0, 0.1) is 6.92 Å². The molecule has 0 aromatic carbocycles. The van der Waals surface area contributed by atoms with Gasteiger partial charge in [-0.2, -0.15) is 11.3 Å². The zero-order chi connectivity index (χ0) is 16.9. The molecule has 124 valence electrons. The van der Waals surface area contributed by atoms with Crippen molar-refractivity contribution in [2.75, 3.05) is 11.9 Å². The van der Waals surface area contributed by atoms with Gasteiger partial charge in [-0.25, -0.2) is 0 Å². The monoisotopic (exact) mass is 360 g/mol. The summed E-state index contributed by atoms with van der Waals surface area (Å²) in [6.07, 6.45) is 2.25. The second-order valence-corrected chi connectivity index (χ2v) is 7.02. The van der Waals surface area contributed by atoms with Crippen molar-refractivity contribution in [3.05, 3.63) is 63.1 Å². The highest BCUT2D eigenvalue weighted by Gasteiger charge is 2.16. The minimum absolute atomic E-state index is 0.119. The number of nitrogens with one attached hydrogen (secondary N) is 2. The Hall–Kier alpha value is -2.38. The van der Waals surface area contributed by atoms with Crippen LogP contribution in [-0.2, 0) is 6.42 Å². The third-order valence-corrected chi connectivity index (χ3v) is 5.27. The van der Waals surface area contributed by atoms with Gasteiger partial charge in [0.1, 0.15) is 0 Å². The lowest BCUT2D eigenvalue weighted by molar-refractivity contribution is 0.0956. The summed E-state index contributed by atoms with van der Waals surface area (Å²) in [5, 5.41) is 10.4. The Labute approximate surface area is 147 Å². The maximum absolute atomic E-state index is 12.3. The van der Waals surface area contributed by atoms with E-state index in [0.29, 0.717) is 16.4 Å². The molecule has 3 aromatic rings. The topological polar surface area (TPSA) is 71.3 Å². The van der Waals surface area contributed by atoms with Gasteiger partial charge >= 0.3 is 0 Å². The van der Waals surface area contributed by atoms with Crippen molar-refractivity contribution in [1.82, 2.24) is 5.32 Å². The van der Waals surface area contributed by atoms with Crippen molar-refractivity contribution in [2.45, 2.75) is 13.3 Å². The van der Waals surface area contributed by atoms with E-state index < -0.39 is 0 Å². The van der Waals surface area contributed by atoms with Crippen LogP contribution < -0.4 is 10.6 Å². The average molecular weight is 360 g/mol. The van der Waals surface area contributed by atoms with E-state index in [-0.39, 0.29) is 17.6 Å². The Morgan fingerprint density at radius 3 is 2.83 bits per heavy atom. The van der Waals surface area contributed by atoms with Crippen LogP contribution >= 0.6 is 22.7 Å². The molecule has 3 heterocycles. The number of hydrogen-bond acceptors (Lipinski definition) is 5. The number of carbonyl (C=O) groups excluding carboxylic acids is 2. The lowest BCUT2D eigenvalue weighted by Gasteiger charge is -2.03. The third kappa shape index (κ3) is 3.93. The van der Waals surface area contributed by atoms with E-state index in [4.69, 9.17) is 4.42 Å². The maximum atomic E-state index is 12.3. The van der Waals surface area contributed by atoms with E-state index in [1.807, 2.05) is 12.3 Å². The summed E-state index contributed by atoms with van der Waals surface area (Å²) in [4.78, 5) is 24.9. The number of furan rings is 1. The zero-order valence-corrected chi connectivity index (χ0v) is 14.6. The van der Waals surface area contributed by atoms with Gasteiger partial charge in [-0.15, -0.1) is 11.3 Å². The molecular formula is C17H16N2O3S2. The lowest BCUT2D eigenvalue weighted by Crippen LogP contribution is -2.25. The first-order valence-electron chi connectivity index (χ1n) is 7.38. The van der Waals surface area contributed by atoms with Crippen molar-refractivity contribution in [3.8, 4) is 0 Å². The number of anilines is 1. The van der Waals surface area contributed by atoms with Crippen molar-refractivity contribution < 1.29 is 14.0 Å². The predicted molar refractivity (Wildman–Crippen MR) is 96.1 cm³/mol. The van der Waals surface area contributed by atoms with E-state index in [2.05, 4.69) is 22.1 Å². The summed E-state index contributed by atoms with van der Waals surface area (Å²) in [7, 11) is 0. The summed E-state index contributed by atoms with van der Waals surface area (Å²) in [6, 6.07) is 7.09. The van der Waals surface area contributed by atoms with Gasteiger partial charge in [0.25, 0.3) is 11.8 Å². The molecule has 0 radical (unpaired) electrons. The Kier molecular flexibility index (Phi) is 5.12. The van der Waals surface area contributed by atoms with E-state index in [0.717, 1.165) is 12.0 Å². The molecule has 5 nitrogen and oxygen atoms in total. The fraction of sp³-hybridized carbons (Fsp3) is 0.176. The van der Waals surface area contributed by atoms with Crippen LogP contribution in [-0.4, -0.2) is 18.4 Å². The van der Waals surface area contributed by atoms with Crippen molar-refractivity contribution >= 4 is 39.5 Å². The first kappa shape index (κ1) is 16.5. The molecule has 0 unspecified atom stereocenters. The molecule has 0 fully saturated rings. The van der Waals surface area contributed by atoms with Crippen LogP contribution in [0.5, 0.6) is 0 Å². The first-order chi connectivity index (χ1) is 11.6. The molecule has 0 aliphatic rings. The molecule has 24 heavy (non-hydrogen) atoms. The standard InChI is InChI=1S/C17H16N2O3S2/c1-11-9-14(19-16(20)13-3-2-7-22-13)24-15(11)17(21)18-6-4-12-5-8-23-10-12/h2-3,5,7-10H,4,6H2,1H3,(H,18,21)(H,19,20). The lowest BCUT2D eigenvalue weighted by atomic mass is 10.2. The third-order valence-electron chi connectivity index (χ3n) is 3.39. The summed E-state index contributed by atoms with van der Waals surface area (Å²) in [5.74, 6) is -0.209. The van der Waals surface area contributed by atoms with Crippen molar-refractivity contribution in [3.63, 3.8) is 0 Å². The summed E-state index contributed by atoms with van der Waals surface area (Å²) >= 11 is 2.90. The van der Waals surface area contributed by atoms with E-state index in [1.165, 1.54) is 23.2 Å². The number of carbonyl (C=O) groups is 2. The Morgan fingerprint density at radius 2 is 2.12 bits per heavy atom.